The summed E-state index contributed by atoms with van der Waals surface area (Å²) >= 11 is 0. The third-order valence-electron chi connectivity index (χ3n) is 3.81. The quantitative estimate of drug-likeness (QED) is 0.837. The Kier molecular flexibility index (Phi) is 6.49. The number of carbonyl (C=O) groups excluding carboxylic acids is 3. The van der Waals surface area contributed by atoms with Gasteiger partial charge in [0.05, 0.1) is 0 Å². The van der Waals surface area contributed by atoms with Gasteiger partial charge in [-0.05, 0) is 42.3 Å². The van der Waals surface area contributed by atoms with Gasteiger partial charge in [-0.25, -0.2) is 0 Å². The number of anilines is 3. The lowest BCUT2D eigenvalue weighted by Crippen LogP contribution is -2.36. The third-order valence-corrected chi connectivity index (χ3v) is 3.81. The van der Waals surface area contributed by atoms with E-state index in [2.05, 4.69) is 17.6 Å². The van der Waals surface area contributed by atoms with Crippen LogP contribution >= 0.6 is 0 Å². The summed E-state index contributed by atoms with van der Waals surface area (Å²) in [6, 6.07) is 14.4. The summed E-state index contributed by atoms with van der Waals surface area (Å²) in [5.41, 5.74) is 2.97. The first-order valence-electron chi connectivity index (χ1n) is 8.43. The average molecular weight is 353 g/mol. The smallest absolute Gasteiger partial charge is 0.244 e. The molecule has 2 rings (SSSR count). The Balaban J connectivity index is 2.10. The minimum Gasteiger partial charge on any atom is -0.326 e. The van der Waals surface area contributed by atoms with Gasteiger partial charge in [-0.15, -0.1) is 0 Å². The van der Waals surface area contributed by atoms with Crippen molar-refractivity contribution in [1.82, 2.24) is 0 Å². The second-order valence-electron chi connectivity index (χ2n) is 5.94. The van der Waals surface area contributed by atoms with Crippen molar-refractivity contribution in [1.29, 1.82) is 0 Å². The molecular formula is C20H23N3O3. The van der Waals surface area contributed by atoms with Gasteiger partial charge in [-0.1, -0.05) is 25.1 Å². The fourth-order valence-electron chi connectivity index (χ4n) is 2.51. The lowest BCUT2D eigenvalue weighted by molar-refractivity contribution is -0.120. The summed E-state index contributed by atoms with van der Waals surface area (Å²) in [5.74, 6) is -0.763. The summed E-state index contributed by atoms with van der Waals surface area (Å²) < 4.78 is 0. The van der Waals surface area contributed by atoms with Crippen molar-refractivity contribution in [3.8, 4) is 0 Å². The molecule has 0 aliphatic carbocycles. The first-order chi connectivity index (χ1) is 12.4. The molecule has 0 spiro atoms. The van der Waals surface area contributed by atoms with Crippen LogP contribution in [0.15, 0.2) is 48.5 Å². The molecule has 0 aromatic heterocycles. The number of hydrogen-bond acceptors (Lipinski definition) is 3. The van der Waals surface area contributed by atoms with E-state index in [1.165, 1.54) is 24.3 Å². The van der Waals surface area contributed by atoms with Crippen LogP contribution in [0.5, 0.6) is 0 Å². The molecule has 3 amide bonds. The van der Waals surface area contributed by atoms with E-state index in [0.29, 0.717) is 17.1 Å². The molecule has 0 radical (unpaired) electrons. The summed E-state index contributed by atoms with van der Waals surface area (Å²) in [5, 5.41) is 5.46. The van der Waals surface area contributed by atoms with Crippen molar-refractivity contribution < 1.29 is 14.4 Å². The van der Waals surface area contributed by atoms with Crippen LogP contribution in [-0.4, -0.2) is 24.3 Å². The molecule has 0 saturated heterocycles. The van der Waals surface area contributed by atoms with Crippen molar-refractivity contribution in [2.24, 2.45) is 0 Å². The number of hydrogen-bond donors (Lipinski definition) is 2. The Morgan fingerprint density at radius 1 is 0.923 bits per heavy atom. The maximum absolute atomic E-state index is 12.3. The van der Waals surface area contributed by atoms with Gasteiger partial charge >= 0.3 is 0 Å². The van der Waals surface area contributed by atoms with E-state index >= 15 is 0 Å². The van der Waals surface area contributed by atoms with E-state index in [1.54, 1.807) is 24.3 Å². The zero-order chi connectivity index (χ0) is 19.1. The molecule has 2 aromatic carbocycles. The van der Waals surface area contributed by atoms with E-state index in [0.717, 1.165) is 6.42 Å². The first-order valence-corrected chi connectivity index (χ1v) is 8.43. The summed E-state index contributed by atoms with van der Waals surface area (Å²) in [4.78, 5) is 36.9. The predicted octanol–water partition coefficient (Wildman–Crippen LogP) is 3.20. The Labute approximate surface area is 153 Å². The standard InChI is InChI=1S/C20H23N3O3/c1-4-16-8-10-17(11-9-16)22-20(26)13-23(15(3)25)19-7-5-6-18(12-19)21-14(2)24/h5-12H,4,13H2,1-3H3,(H,21,24)(H,22,26). The number of amides is 3. The van der Waals surface area contributed by atoms with Crippen LogP contribution in [0.1, 0.15) is 26.3 Å². The molecule has 6 nitrogen and oxygen atoms in total. The van der Waals surface area contributed by atoms with Crippen molar-refractivity contribution in [2.45, 2.75) is 27.2 Å². The van der Waals surface area contributed by atoms with Crippen molar-refractivity contribution in [3.05, 3.63) is 54.1 Å². The first kappa shape index (κ1) is 19.2. The van der Waals surface area contributed by atoms with E-state index < -0.39 is 0 Å². The molecular weight excluding hydrogens is 330 g/mol. The van der Waals surface area contributed by atoms with Gasteiger partial charge in [0.2, 0.25) is 17.7 Å². The normalized spacial score (nSPS) is 10.1. The molecule has 0 heterocycles. The van der Waals surface area contributed by atoms with Crippen LogP contribution in [0, 0.1) is 0 Å². The van der Waals surface area contributed by atoms with Crippen LogP contribution in [0.2, 0.25) is 0 Å². The molecule has 2 aromatic rings. The Morgan fingerprint density at radius 3 is 2.19 bits per heavy atom. The maximum atomic E-state index is 12.3. The number of nitrogens with one attached hydrogen (secondary N) is 2. The third kappa shape index (κ3) is 5.44. The Hall–Kier alpha value is -3.15. The Morgan fingerprint density at radius 2 is 1.62 bits per heavy atom. The van der Waals surface area contributed by atoms with Crippen LogP contribution in [0.25, 0.3) is 0 Å². The second kappa shape index (κ2) is 8.80. The van der Waals surface area contributed by atoms with Crippen LogP contribution in [-0.2, 0) is 20.8 Å². The molecule has 0 aliphatic heterocycles. The highest BCUT2D eigenvalue weighted by Crippen LogP contribution is 2.20. The van der Waals surface area contributed by atoms with Gasteiger partial charge in [-0.3, -0.25) is 14.4 Å². The molecule has 2 N–H and O–H groups in total. The van der Waals surface area contributed by atoms with Crippen LogP contribution in [0.3, 0.4) is 0 Å². The summed E-state index contributed by atoms with van der Waals surface area (Å²) in [7, 11) is 0. The van der Waals surface area contributed by atoms with E-state index in [-0.39, 0.29) is 24.3 Å². The van der Waals surface area contributed by atoms with Gasteiger partial charge < -0.3 is 15.5 Å². The van der Waals surface area contributed by atoms with Crippen molar-refractivity contribution in [3.63, 3.8) is 0 Å². The second-order valence-corrected chi connectivity index (χ2v) is 5.94. The fraction of sp³-hybridized carbons (Fsp3) is 0.250. The van der Waals surface area contributed by atoms with Crippen LogP contribution < -0.4 is 15.5 Å². The number of nitrogens with zero attached hydrogens (tertiary/aromatic N) is 1. The number of rotatable bonds is 6. The van der Waals surface area contributed by atoms with Gasteiger partial charge in [0, 0.05) is 30.9 Å². The van der Waals surface area contributed by atoms with E-state index in [9.17, 15) is 14.4 Å². The summed E-state index contributed by atoms with van der Waals surface area (Å²) in [6.07, 6.45) is 0.928. The number of aryl methyl sites for hydroxylation is 1. The molecule has 0 atom stereocenters. The predicted molar refractivity (Wildman–Crippen MR) is 103 cm³/mol. The highest BCUT2D eigenvalue weighted by molar-refractivity contribution is 6.02. The molecule has 26 heavy (non-hydrogen) atoms. The van der Waals surface area contributed by atoms with Crippen molar-refractivity contribution >= 4 is 34.8 Å². The number of benzene rings is 2. The molecule has 0 aliphatic rings. The summed E-state index contributed by atoms with van der Waals surface area (Å²) in [6.45, 7) is 4.75. The van der Waals surface area contributed by atoms with E-state index in [1.807, 2.05) is 24.3 Å². The van der Waals surface area contributed by atoms with Gasteiger partial charge in [0.25, 0.3) is 0 Å². The average Bonchev–Trinajstić information content (AvgIpc) is 2.59. The van der Waals surface area contributed by atoms with Gasteiger partial charge in [-0.2, -0.15) is 0 Å². The molecule has 0 saturated carbocycles. The highest BCUT2D eigenvalue weighted by Gasteiger charge is 2.16. The monoisotopic (exact) mass is 353 g/mol. The maximum Gasteiger partial charge on any atom is 0.244 e. The molecule has 136 valence electrons. The van der Waals surface area contributed by atoms with Crippen LogP contribution in [0.4, 0.5) is 17.1 Å². The Bertz CT molecular complexity index is 800. The largest absolute Gasteiger partial charge is 0.326 e. The van der Waals surface area contributed by atoms with Gasteiger partial charge in [0.15, 0.2) is 0 Å². The molecule has 0 unspecified atom stereocenters. The highest BCUT2D eigenvalue weighted by atomic mass is 16.2. The topological polar surface area (TPSA) is 78.5 Å². The minimum absolute atomic E-state index is 0.117. The zero-order valence-corrected chi connectivity index (χ0v) is 15.2. The van der Waals surface area contributed by atoms with E-state index in [4.69, 9.17) is 0 Å². The SMILES string of the molecule is CCc1ccc(NC(=O)CN(C(C)=O)c2cccc(NC(C)=O)c2)cc1. The minimum atomic E-state index is -0.297. The fourth-order valence-corrected chi connectivity index (χ4v) is 2.51. The zero-order valence-electron chi connectivity index (χ0n) is 15.2. The molecule has 0 fully saturated rings. The lowest BCUT2D eigenvalue weighted by Gasteiger charge is -2.21. The molecule has 0 bridgehead atoms. The lowest BCUT2D eigenvalue weighted by atomic mass is 10.1. The molecule has 6 heteroatoms. The number of carbonyl (C=O) groups is 3. The van der Waals surface area contributed by atoms with Gasteiger partial charge in [0.1, 0.15) is 6.54 Å². The van der Waals surface area contributed by atoms with Crippen molar-refractivity contribution in [2.75, 3.05) is 22.1 Å².